The van der Waals surface area contributed by atoms with Gasteiger partial charge in [-0.25, -0.2) is 0 Å². The van der Waals surface area contributed by atoms with Crippen LogP contribution in [0.25, 0.3) is 44.5 Å². The lowest BCUT2D eigenvalue weighted by Gasteiger charge is -2.32. The van der Waals surface area contributed by atoms with E-state index in [1.165, 1.54) is 89.1 Å². The molecule has 1 atom stereocenters. The van der Waals surface area contributed by atoms with E-state index in [0.29, 0.717) is 0 Å². The van der Waals surface area contributed by atoms with Gasteiger partial charge in [-0.05, 0) is 115 Å². The van der Waals surface area contributed by atoms with Gasteiger partial charge in [0.2, 0.25) is 0 Å². The fraction of sp³-hybridized carbons (Fsp3) is 0.143. The molecule has 274 valence electrons. The predicted molar refractivity (Wildman–Crippen MR) is 239 cm³/mol. The summed E-state index contributed by atoms with van der Waals surface area (Å²) < 4.78 is 0. The standard InChI is InChI=1S/C56H45N/c1-54(2)46-27-12-9-22-41(46)43-33-32-39(35-50(43)54)57(51-31-17-30-49-52(51)45-24-11-14-29-48(45)56(49,5)37-19-7-6-8-20-37)38-21-15-18-36(34-38)40-25-16-26-44-42-23-10-13-28-47(42)55(3,4)53(40)44/h6-35H,1-5H3. The van der Waals surface area contributed by atoms with Gasteiger partial charge in [-0.15, -0.1) is 0 Å². The van der Waals surface area contributed by atoms with Crippen LogP contribution >= 0.6 is 0 Å². The van der Waals surface area contributed by atoms with Crippen LogP contribution in [-0.2, 0) is 16.2 Å². The summed E-state index contributed by atoms with van der Waals surface area (Å²) in [7, 11) is 0. The minimum Gasteiger partial charge on any atom is -0.310 e. The average Bonchev–Trinajstić information content (AvgIpc) is 3.76. The summed E-state index contributed by atoms with van der Waals surface area (Å²) in [4.78, 5) is 2.54. The van der Waals surface area contributed by atoms with Crippen LogP contribution in [0.5, 0.6) is 0 Å². The second kappa shape index (κ2) is 12.0. The number of benzene rings is 8. The van der Waals surface area contributed by atoms with Gasteiger partial charge in [0.05, 0.1) is 5.69 Å². The molecule has 0 radical (unpaired) electrons. The summed E-state index contributed by atoms with van der Waals surface area (Å²) in [6.45, 7) is 11.9. The maximum atomic E-state index is 2.54. The summed E-state index contributed by atoms with van der Waals surface area (Å²) in [5.41, 5.74) is 23.0. The Bertz CT molecular complexity index is 2930. The predicted octanol–water partition coefficient (Wildman–Crippen LogP) is 14.8. The minimum atomic E-state index is -0.302. The van der Waals surface area contributed by atoms with E-state index in [-0.39, 0.29) is 16.2 Å². The third-order valence-electron chi connectivity index (χ3n) is 13.7. The molecule has 8 aromatic rings. The fourth-order valence-corrected chi connectivity index (χ4v) is 11.0. The van der Waals surface area contributed by atoms with E-state index in [1.807, 2.05) is 0 Å². The van der Waals surface area contributed by atoms with Crippen LogP contribution < -0.4 is 4.90 Å². The quantitative estimate of drug-likeness (QED) is 0.170. The number of anilines is 3. The Morgan fingerprint density at radius 2 is 0.895 bits per heavy atom. The van der Waals surface area contributed by atoms with Gasteiger partial charge >= 0.3 is 0 Å². The Labute approximate surface area is 336 Å². The molecule has 0 bridgehead atoms. The smallest absolute Gasteiger partial charge is 0.0543 e. The molecule has 0 aliphatic heterocycles. The van der Waals surface area contributed by atoms with Crippen molar-refractivity contribution in [3.63, 3.8) is 0 Å². The lowest BCUT2D eigenvalue weighted by Crippen LogP contribution is -2.22. The van der Waals surface area contributed by atoms with Crippen LogP contribution in [0.3, 0.4) is 0 Å². The van der Waals surface area contributed by atoms with Crippen molar-refractivity contribution in [2.24, 2.45) is 0 Å². The zero-order valence-electron chi connectivity index (χ0n) is 33.3. The summed E-state index contributed by atoms with van der Waals surface area (Å²) in [5, 5.41) is 0. The van der Waals surface area contributed by atoms with Crippen LogP contribution in [0.4, 0.5) is 17.1 Å². The van der Waals surface area contributed by atoms with Crippen molar-refractivity contribution in [3.05, 3.63) is 221 Å². The number of rotatable bonds is 5. The summed E-state index contributed by atoms with van der Waals surface area (Å²) in [5.74, 6) is 0. The van der Waals surface area contributed by atoms with Gasteiger partial charge in [0.1, 0.15) is 0 Å². The first kappa shape index (κ1) is 33.9. The first-order chi connectivity index (χ1) is 27.7. The maximum absolute atomic E-state index is 2.54. The van der Waals surface area contributed by atoms with Crippen molar-refractivity contribution in [2.45, 2.75) is 50.9 Å². The van der Waals surface area contributed by atoms with Crippen LogP contribution in [0.15, 0.2) is 182 Å². The number of nitrogens with zero attached hydrogens (tertiary/aromatic N) is 1. The van der Waals surface area contributed by atoms with Crippen molar-refractivity contribution in [2.75, 3.05) is 4.90 Å². The highest BCUT2D eigenvalue weighted by Crippen LogP contribution is 2.58. The van der Waals surface area contributed by atoms with Crippen molar-refractivity contribution in [1.82, 2.24) is 0 Å². The molecule has 0 fully saturated rings. The lowest BCUT2D eigenvalue weighted by atomic mass is 9.74. The monoisotopic (exact) mass is 731 g/mol. The van der Waals surface area contributed by atoms with Gasteiger partial charge in [0, 0.05) is 33.2 Å². The highest BCUT2D eigenvalue weighted by atomic mass is 15.1. The number of fused-ring (bicyclic) bond motifs is 9. The van der Waals surface area contributed by atoms with Crippen LogP contribution in [0.1, 0.15) is 73.6 Å². The van der Waals surface area contributed by atoms with Gasteiger partial charge < -0.3 is 4.90 Å². The van der Waals surface area contributed by atoms with Crippen molar-refractivity contribution in [1.29, 1.82) is 0 Å². The topological polar surface area (TPSA) is 3.24 Å². The molecule has 0 saturated carbocycles. The molecule has 1 heteroatoms. The van der Waals surface area contributed by atoms with Crippen LogP contribution in [0, 0.1) is 0 Å². The Morgan fingerprint density at radius 1 is 0.351 bits per heavy atom. The van der Waals surface area contributed by atoms with Gasteiger partial charge in [-0.3, -0.25) is 0 Å². The second-order valence-electron chi connectivity index (χ2n) is 17.4. The van der Waals surface area contributed by atoms with Gasteiger partial charge in [0.15, 0.2) is 0 Å². The molecular formula is C56H45N. The maximum Gasteiger partial charge on any atom is 0.0543 e. The molecule has 0 aromatic heterocycles. The van der Waals surface area contributed by atoms with Gasteiger partial charge in [-0.1, -0.05) is 179 Å². The van der Waals surface area contributed by atoms with Crippen molar-refractivity contribution in [3.8, 4) is 44.5 Å². The van der Waals surface area contributed by atoms with Gasteiger partial charge in [-0.2, -0.15) is 0 Å². The van der Waals surface area contributed by atoms with Crippen LogP contribution in [-0.4, -0.2) is 0 Å². The van der Waals surface area contributed by atoms with E-state index >= 15 is 0 Å². The van der Waals surface area contributed by atoms with Gasteiger partial charge in [0.25, 0.3) is 0 Å². The third kappa shape index (κ3) is 4.63. The largest absolute Gasteiger partial charge is 0.310 e. The average molecular weight is 732 g/mol. The molecule has 3 aliphatic carbocycles. The molecule has 0 saturated heterocycles. The van der Waals surface area contributed by atoms with E-state index < -0.39 is 0 Å². The molecule has 1 nitrogen and oxygen atoms in total. The van der Waals surface area contributed by atoms with E-state index in [9.17, 15) is 0 Å². The van der Waals surface area contributed by atoms with E-state index in [4.69, 9.17) is 0 Å². The molecule has 11 rings (SSSR count). The lowest BCUT2D eigenvalue weighted by molar-refractivity contribution is 0.660. The van der Waals surface area contributed by atoms with Crippen molar-refractivity contribution >= 4 is 17.1 Å². The highest BCUT2D eigenvalue weighted by Gasteiger charge is 2.43. The minimum absolute atomic E-state index is 0.120. The van der Waals surface area contributed by atoms with E-state index in [0.717, 1.165) is 11.4 Å². The zero-order valence-corrected chi connectivity index (χ0v) is 33.3. The van der Waals surface area contributed by atoms with E-state index in [2.05, 4.69) is 222 Å². The van der Waals surface area contributed by atoms with E-state index in [1.54, 1.807) is 0 Å². The highest BCUT2D eigenvalue weighted by molar-refractivity contribution is 5.97. The third-order valence-corrected chi connectivity index (χ3v) is 13.7. The Balaban J connectivity index is 1.16. The first-order valence-electron chi connectivity index (χ1n) is 20.4. The first-order valence-corrected chi connectivity index (χ1v) is 20.4. The molecule has 1 unspecified atom stereocenters. The number of hydrogen-bond donors (Lipinski definition) is 0. The zero-order chi connectivity index (χ0) is 38.7. The number of hydrogen-bond acceptors (Lipinski definition) is 1. The summed E-state index contributed by atoms with van der Waals surface area (Å²) in [6.07, 6.45) is 0. The molecule has 0 amide bonds. The molecule has 57 heavy (non-hydrogen) atoms. The fourth-order valence-electron chi connectivity index (χ4n) is 11.0. The molecule has 0 heterocycles. The molecule has 0 spiro atoms. The second-order valence-corrected chi connectivity index (χ2v) is 17.4. The molecular weight excluding hydrogens is 687 g/mol. The Kier molecular flexibility index (Phi) is 7.15. The summed E-state index contributed by atoms with van der Waals surface area (Å²) in [6, 6.07) is 68.3. The Morgan fingerprint density at radius 3 is 1.67 bits per heavy atom. The Hall–Kier alpha value is -6.44. The molecule has 8 aromatic carbocycles. The normalized spacial score (nSPS) is 17.2. The summed E-state index contributed by atoms with van der Waals surface area (Å²) >= 11 is 0. The SMILES string of the molecule is CC1(C)c2ccccc2-c2ccc(N(c3cccc(-c4cccc5c4C(C)(C)c4ccccc4-5)c3)c3cccc4c3-c3ccccc3C4(C)c3ccccc3)cc21. The molecule has 3 aliphatic rings. The van der Waals surface area contributed by atoms with Crippen molar-refractivity contribution < 1.29 is 0 Å². The van der Waals surface area contributed by atoms with Crippen LogP contribution in [0.2, 0.25) is 0 Å². The molecule has 0 N–H and O–H groups in total.